The summed E-state index contributed by atoms with van der Waals surface area (Å²) in [5.74, 6) is 0.765. The average molecular weight is 295 g/mol. The molecule has 4 heteroatoms. The molecule has 2 aliphatic rings. The Morgan fingerprint density at radius 1 is 1.05 bits per heavy atom. The van der Waals surface area contributed by atoms with E-state index in [4.69, 9.17) is 0 Å². The number of carbonyl (C=O) groups is 1. The van der Waals surface area contributed by atoms with Gasteiger partial charge >= 0.3 is 6.03 Å². The monoisotopic (exact) mass is 295 g/mol. The summed E-state index contributed by atoms with van der Waals surface area (Å²) in [4.78, 5) is 16.9. The number of nitrogens with zero attached hydrogens (tertiary/aromatic N) is 2. The number of rotatable bonds is 4. The van der Waals surface area contributed by atoms with Gasteiger partial charge in [-0.2, -0.15) is 0 Å². The molecule has 1 saturated heterocycles. The second-order valence-corrected chi connectivity index (χ2v) is 7.15. The van der Waals surface area contributed by atoms with Crippen LogP contribution in [0.5, 0.6) is 0 Å². The Bertz CT molecular complexity index is 303. The highest BCUT2D eigenvalue weighted by Crippen LogP contribution is 2.17. The van der Waals surface area contributed by atoms with Crippen molar-refractivity contribution in [1.29, 1.82) is 0 Å². The van der Waals surface area contributed by atoms with Crippen LogP contribution in [0, 0.1) is 5.92 Å². The smallest absolute Gasteiger partial charge is 0.317 e. The van der Waals surface area contributed by atoms with Crippen LogP contribution in [0.3, 0.4) is 0 Å². The molecule has 0 aromatic rings. The molecule has 0 radical (unpaired) electrons. The molecule has 1 N–H and O–H groups in total. The largest absolute Gasteiger partial charge is 0.335 e. The third-order valence-corrected chi connectivity index (χ3v) is 4.86. The van der Waals surface area contributed by atoms with E-state index < -0.39 is 0 Å². The number of amides is 2. The first-order valence-corrected chi connectivity index (χ1v) is 8.93. The third kappa shape index (κ3) is 5.85. The van der Waals surface area contributed by atoms with Crippen LogP contribution in [0.15, 0.2) is 0 Å². The Hall–Kier alpha value is -0.770. The van der Waals surface area contributed by atoms with E-state index in [9.17, 15) is 4.79 Å². The Kier molecular flexibility index (Phi) is 6.81. The van der Waals surface area contributed by atoms with Crippen molar-refractivity contribution in [2.24, 2.45) is 5.92 Å². The van der Waals surface area contributed by atoms with Crippen molar-refractivity contribution in [3.8, 4) is 0 Å². The fourth-order valence-corrected chi connectivity index (χ4v) is 3.30. The highest BCUT2D eigenvalue weighted by molar-refractivity contribution is 5.74. The quantitative estimate of drug-likeness (QED) is 0.809. The SMILES string of the molecule is CC(C)CCN1CCN(C(=O)NC2CCCCCC2)CC1. The molecule has 2 fully saturated rings. The van der Waals surface area contributed by atoms with Gasteiger partial charge < -0.3 is 10.2 Å². The molecule has 1 heterocycles. The molecule has 0 aromatic heterocycles. The van der Waals surface area contributed by atoms with Crippen LogP contribution >= 0.6 is 0 Å². The normalized spacial score (nSPS) is 22.3. The summed E-state index contributed by atoms with van der Waals surface area (Å²) in [5, 5.41) is 3.26. The molecule has 4 nitrogen and oxygen atoms in total. The number of hydrogen-bond donors (Lipinski definition) is 1. The van der Waals surface area contributed by atoms with Gasteiger partial charge in [-0.05, 0) is 31.7 Å². The summed E-state index contributed by atoms with van der Waals surface area (Å²) in [5.41, 5.74) is 0. The first kappa shape index (κ1) is 16.6. The second kappa shape index (κ2) is 8.62. The third-order valence-electron chi connectivity index (χ3n) is 4.86. The molecule has 2 amide bonds. The van der Waals surface area contributed by atoms with Gasteiger partial charge in [0.25, 0.3) is 0 Å². The highest BCUT2D eigenvalue weighted by atomic mass is 16.2. The lowest BCUT2D eigenvalue weighted by atomic mass is 10.1. The molecule has 2 rings (SSSR count). The fourth-order valence-electron chi connectivity index (χ4n) is 3.30. The number of carbonyl (C=O) groups excluding carboxylic acids is 1. The van der Waals surface area contributed by atoms with E-state index in [2.05, 4.69) is 24.1 Å². The van der Waals surface area contributed by atoms with Crippen LogP contribution < -0.4 is 5.32 Å². The Labute approximate surface area is 130 Å². The molecular weight excluding hydrogens is 262 g/mol. The van der Waals surface area contributed by atoms with E-state index in [0.29, 0.717) is 6.04 Å². The molecule has 0 bridgehead atoms. The van der Waals surface area contributed by atoms with Gasteiger partial charge in [0.2, 0.25) is 0 Å². The maximum absolute atomic E-state index is 12.3. The van der Waals surface area contributed by atoms with Gasteiger partial charge in [-0.25, -0.2) is 4.79 Å². The van der Waals surface area contributed by atoms with Crippen LogP contribution in [-0.4, -0.2) is 54.6 Å². The van der Waals surface area contributed by atoms with Gasteiger partial charge in [-0.1, -0.05) is 39.5 Å². The van der Waals surface area contributed by atoms with Crippen molar-refractivity contribution in [2.45, 2.75) is 64.8 Å². The minimum atomic E-state index is 0.172. The Balaban J connectivity index is 1.67. The molecule has 0 unspecified atom stereocenters. The van der Waals surface area contributed by atoms with Crippen molar-refractivity contribution >= 4 is 6.03 Å². The molecular formula is C17H33N3O. The van der Waals surface area contributed by atoms with Crippen molar-refractivity contribution in [2.75, 3.05) is 32.7 Å². The van der Waals surface area contributed by atoms with Crippen molar-refractivity contribution in [3.05, 3.63) is 0 Å². The first-order valence-electron chi connectivity index (χ1n) is 8.93. The molecule has 0 atom stereocenters. The summed E-state index contributed by atoms with van der Waals surface area (Å²) in [6.45, 7) is 9.56. The summed E-state index contributed by atoms with van der Waals surface area (Å²) in [6.07, 6.45) is 8.80. The number of hydrogen-bond acceptors (Lipinski definition) is 2. The topological polar surface area (TPSA) is 35.6 Å². The highest BCUT2D eigenvalue weighted by Gasteiger charge is 2.23. The zero-order chi connectivity index (χ0) is 15.1. The van der Waals surface area contributed by atoms with E-state index in [1.54, 1.807) is 0 Å². The van der Waals surface area contributed by atoms with Crippen LogP contribution in [0.2, 0.25) is 0 Å². The minimum Gasteiger partial charge on any atom is -0.335 e. The predicted molar refractivity (Wildman–Crippen MR) is 87.5 cm³/mol. The Morgan fingerprint density at radius 2 is 1.67 bits per heavy atom. The van der Waals surface area contributed by atoms with Crippen molar-refractivity contribution in [1.82, 2.24) is 15.1 Å². The van der Waals surface area contributed by atoms with Gasteiger partial charge in [-0.3, -0.25) is 4.90 Å². The summed E-state index contributed by atoms with van der Waals surface area (Å²) >= 11 is 0. The second-order valence-electron chi connectivity index (χ2n) is 7.15. The lowest BCUT2D eigenvalue weighted by molar-refractivity contribution is 0.133. The van der Waals surface area contributed by atoms with Gasteiger partial charge in [-0.15, -0.1) is 0 Å². The fraction of sp³-hybridized carbons (Fsp3) is 0.941. The lowest BCUT2D eigenvalue weighted by Gasteiger charge is -2.35. The lowest BCUT2D eigenvalue weighted by Crippen LogP contribution is -2.53. The standard InChI is InChI=1S/C17H33N3O/c1-15(2)9-10-19-11-13-20(14-12-19)17(21)18-16-7-5-3-4-6-8-16/h15-16H,3-14H2,1-2H3,(H,18,21). The van der Waals surface area contributed by atoms with Crippen molar-refractivity contribution in [3.63, 3.8) is 0 Å². The Morgan fingerprint density at radius 3 is 2.24 bits per heavy atom. The molecule has 21 heavy (non-hydrogen) atoms. The van der Waals surface area contributed by atoms with Crippen LogP contribution in [0.25, 0.3) is 0 Å². The molecule has 0 aromatic carbocycles. The molecule has 1 aliphatic heterocycles. The molecule has 1 aliphatic carbocycles. The maximum Gasteiger partial charge on any atom is 0.317 e. The predicted octanol–water partition coefficient (Wildman–Crippen LogP) is 3.08. The minimum absolute atomic E-state index is 0.172. The van der Waals surface area contributed by atoms with Crippen LogP contribution in [0.1, 0.15) is 58.8 Å². The van der Waals surface area contributed by atoms with E-state index >= 15 is 0 Å². The van der Waals surface area contributed by atoms with Crippen LogP contribution in [0.4, 0.5) is 4.79 Å². The van der Waals surface area contributed by atoms with E-state index in [-0.39, 0.29) is 6.03 Å². The summed E-state index contributed by atoms with van der Waals surface area (Å²) < 4.78 is 0. The molecule has 1 saturated carbocycles. The number of nitrogens with one attached hydrogen (secondary N) is 1. The van der Waals surface area contributed by atoms with Gasteiger partial charge in [0.15, 0.2) is 0 Å². The molecule has 122 valence electrons. The van der Waals surface area contributed by atoms with E-state index in [1.807, 2.05) is 4.90 Å². The molecule has 0 spiro atoms. The number of urea groups is 1. The van der Waals surface area contributed by atoms with E-state index in [1.165, 1.54) is 51.5 Å². The first-order chi connectivity index (χ1) is 10.1. The summed E-state index contributed by atoms with van der Waals surface area (Å²) in [6, 6.07) is 0.587. The van der Waals surface area contributed by atoms with Gasteiger partial charge in [0.1, 0.15) is 0 Å². The van der Waals surface area contributed by atoms with Crippen LogP contribution in [-0.2, 0) is 0 Å². The van der Waals surface area contributed by atoms with Gasteiger partial charge in [0.05, 0.1) is 0 Å². The average Bonchev–Trinajstić information content (AvgIpc) is 2.74. The van der Waals surface area contributed by atoms with E-state index in [0.717, 1.165) is 32.1 Å². The zero-order valence-electron chi connectivity index (χ0n) is 13.9. The van der Waals surface area contributed by atoms with Crippen molar-refractivity contribution < 1.29 is 4.79 Å². The maximum atomic E-state index is 12.3. The number of piperazine rings is 1. The zero-order valence-corrected chi connectivity index (χ0v) is 13.9. The summed E-state index contributed by atoms with van der Waals surface area (Å²) in [7, 11) is 0. The van der Waals surface area contributed by atoms with Gasteiger partial charge in [0, 0.05) is 32.2 Å².